The molecule has 2 aromatic heterocycles. The third kappa shape index (κ3) is 8.18. The molecule has 5 N–H and O–H groups in total. The molecule has 262 valence electrons. The number of nitrogens with one attached hydrogen (secondary N) is 4. The van der Waals surface area contributed by atoms with E-state index in [-0.39, 0.29) is 36.3 Å². The van der Waals surface area contributed by atoms with Crippen molar-refractivity contribution in [3.05, 3.63) is 87.9 Å². The smallest absolute Gasteiger partial charge is 0.306 e. The zero-order valence-electron chi connectivity index (χ0n) is 27.6. The van der Waals surface area contributed by atoms with Gasteiger partial charge in [0.05, 0.1) is 34.5 Å². The average Bonchev–Trinajstić information content (AvgIpc) is 3.54. The predicted octanol–water partition coefficient (Wildman–Crippen LogP) is 7.11. The van der Waals surface area contributed by atoms with E-state index in [2.05, 4.69) is 31.2 Å². The Balaban J connectivity index is 1.16. The molecule has 2 aromatic carbocycles. The first-order valence-electron chi connectivity index (χ1n) is 16.7. The molecule has 2 aliphatic rings. The lowest BCUT2D eigenvalue weighted by Gasteiger charge is -2.27. The van der Waals surface area contributed by atoms with Crippen molar-refractivity contribution in [2.75, 3.05) is 19.0 Å². The standard InChI is InChI=1S/C37H39Cl2FN6O4/c1-50-30-17-22(5-6-23(30)18-41-20-26-11-12-31(47)45-26)35-33(39)28(14-16-42-35)27-3-2-4-29(32(27)38)46-36-34(40)24(13-15-43-36)19-44-25-9-7-21(8-10-25)37(48)49/h2-6,13-17,21,25-26,41,44H,7-12,18-20H2,1H3,(H,43,46)(H,45,47)(H,48,49). The summed E-state index contributed by atoms with van der Waals surface area (Å²) in [4.78, 5) is 31.6. The van der Waals surface area contributed by atoms with Crippen LogP contribution < -0.4 is 26.0 Å². The van der Waals surface area contributed by atoms with E-state index in [1.54, 1.807) is 37.6 Å². The highest BCUT2D eigenvalue weighted by Crippen LogP contribution is 2.42. The second-order valence-electron chi connectivity index (χ2n) is 12.7. The number of halogens is 3. The molecule has 1 unspecified atom stereocenters. The molecule has 10 nitrogen and oxygen atoms in total. The maximum atomic E-state index is 15.6. The van der Waals surface area contributed by atoms with Gasteiger partial charge in [-0.1, -0.05) is 47.5 Å². The number of carbonyl (C=O) groups is 2. The van der Waals surface area contributed by atoms with Crippen LogP contribution in [0.2, 0.25) is 10.0 Å². The summed E-state index contributed by atoms with van der Waals surface area (Å²) in [6.45, 7) is 1.53. The van der Waals surface area contributed by atoms with E-state index in [1.165, 1.54) is 6.20 Å². The lowest BCUT2D eigenvalue weighted by molar-refractivity contribution is -0.142. The maximum Gasteiger partial charge on any atom is 0.306 e. The van der Waals surface area contributed by atoms with Gasteiger partial charge in [-0.2, -0.15) is 0 Å². The van der Waals surface area contributed by atoms with Gasteiger partial charge < -0.3 is 31.1 Å². The van der Waals surface area contributed by atoms with Crippen molar-refractivity contribution < 1.29 is 23.8 Å². The van der Waals surface area contributed by atoms with Crippen LogP contribution in [-0.4, -0.2) is 52.7 Å². The number of amides is 1. The minimum absolute atomic E-state index is 0.0362. The summed E-state index contributed by atoms with van der Waals surface area (Å²) in [7, 11) is 1.61. The topological polar surface area (TPSA) is 138 Å². The van der Waals surface area contributed by atoms with Gasteiger partial charge in [0.2, 0.25) is 5.91 Å². The third-order valence-electron chi connectivity index (χ3n) is 9.41. The first-order valence-corrected chi connectivity index (χ1v) is 17.4. The molecule has 0 bridgehead atoms. The summed E-state index contributed by atoms with van der Waals surface area (Å²) < 4.78 is 21.3. The van der Waals surface area contributed by atoms with Crippen molar-refractivity contribution in [3.63, 3.8) is 0 Å². The molecule has 6 rings (SSSR count). The van der Waals surface area contributed by atoms with Gasteiger partial charge in [0, 0.05) is 78.3 Å². The Labute approximate surface area is 300 Å². The number of carboxylic acids is 1. The zero-order chi connectivity index (χ0) is 35.2. The summed E-state index contributed by atoms with van der Waals surface area (Å²) in [5.41, 5.74) is 4.45. The number of aliphatic carboxylic acids is 1. The van der Waals surface area contributed by atoms with Crippen LogP contribution in [-0.2, 0) is 22.7 Å². The van der Waals surface area contributed by atoms with E-state index >= 15 is 4.39 Å². The molecule has 1 saturated heterocycles. The predicted molar refractivity (Wildman–Crippen MR) is 192 cm³/mol. The molecule has 1 atom stereocenters. The summed E-state index contributed by atoms with van der Waals surface area (Å²) >= 11 is 13.9. The Morgan fingerprint density at radius 1 is 0.980 bits per heavy atom. The van der Waals surface area contributed by atoms with E-state index in [0.29, 0.717) is 76.2 Å². The fourth-order valence-corrected chi connectivity index (χ4v) is 7.17. The van der Waals surface area contributed by atoms with Crippen LogP contribution in [0.5, 0.6) is 5.75 Å². The van der Waals surface area contributed by atoms with Crippen LogP contribution >= 0.6 is 23.2 Å². The van der Waals surface area contributed by atoms with Gasteiger partial charge in [-0.3, -0.25) is 14.6 Å². The largest absolute Gasteiger partial charge is 0.496 e. The third-order valence-corrected chi connectivity index (χ3v) is 10.2. The number of benzene rings is 2. The van der Waals surface area contributed by atoms with Crippen LogP contribution in [0.1, 0.15) is 49.7 Å². The number of carboxylic acid groups (broad SMARTS) is 1. The molecule has 50 heavy (non-hydrogen) atoms. The molecule has 2 fully saturated rings. The molecule has 1 saturated carbocycles. The molecular formula is C37H39Cl2FN6O4. The number of ether oxygens (including phenoxy) is 1. The van der Waals surface area contributed by atoms with Gasteiger partial charge in [0.1, 0.15) is 5.75 Å². The minimum Gasteiger partial charge on any atom is -0.496 e. The van der Waals surface area contributed by atoms with Crippen molar-refractivity contribution >= 4 is 46.6 Å². The molecule has 1 aliphatic heterocycles. The van der Waals surface area contributed by atoms with Crippen LogP contribution in [0.3, 0.4) is 0 Å². The summed E-state index contributed by atoms with van der Waals surface area (Å²) in [6, 6.07) is 14.8. The highest BCUT2D eigenvalue weighted by atomic mass is 35.5. The van der Waals surface area contributed by atoms with Crippen molar-refractivity contribution in [2.45, 2.75) is 63.7 Å². The van der Waals surface area contributed by atoms with Gasteiger partial charge in [0.15, 0.2) is 11.6 Å². The van der Waals surface area contributed by atoms with Crippen LogP contribution in [0.25, 0.3) is 22.4 Å². The normalized spacial score (nSPS) is 18.9. The number of hydrogen-bond acceptors (Lipinski definition) is 8. The van der Waals surface area contributed by atoms with E-state index in [0.717, 1.165) is 30.4 Å². The summed E-state index contributed by atoms with van der Waals surface area (Å²) in [5, 5.41) is 22.8. The Morgan fingerprint density at radius 2 is 1.76 bits per heavy atom. The molecule has 0 radical (unpaired) electrons. The number of rotatable bonds is 13. The number of aromatic nitrogens is 2. The van der Waals surface area contributed by atoms with Crippen molar-refractivity contribution in [1.29, 1.82) is 0 Å². The van der Waals surface area contributed by atoms with Crippen molar-refractivity contribution in [3.8, 4) is 28.1 Å². The minimum atomic E-state index is -0.752. The van der Waals surface area contributed by atoms with Gasteiger partial charge in [-0.15, -0.1) is 0 Å². The fourth-order valence-electron chi connectivity index (χ4n) is 6.57. The molecule has 3 heterocycles. The maximum absolute atomic E-state index is 15.6. The quantitative estimate of drug-likeness (QED) is 0.0979. The van der Waals surface area contributed by atoms with Crippen LogP contribution in [0, 0.1) is 11.7 Å². The number of methoxy groups -OCH3 is 1. The molecule has 1 aliphatic carbocycles. The summed E-state index contributed by atoms with van der Waals surface area (Å²) in [5.74, 6) is -0.756. The van der Waals surface area contributed by atoms with Gasteiger partial charge in [0.25, 0.3) is 0 Å². The lowest BCUT2D eigenvalue weighted by Crippen LogP contribution is -2.35. The number of carbonyl (C=O) groups excluding carboxylic acids is 1. The first kappa shape index (κ1) is 35.5. The van der Waals surface area contributed by atoms with Crippen molar-refractivity contribution in [1.82, 2.24) is 25.9 Å². The fraction of sp³-hybridized carbons (Fsp3) is 0.351. The summed E-state index contributed by atoms with van der Waals surface area (Å²) in [6.07, 6.45) is 7.27. The number of hydrogen-bond donors (Lipinski definition) is 5. The lowest BCUT2D eigenvalue weighted by atomic mass is 9.86. The molecule has 4 aromatic rings. The van der Waals surface area contributed by atoms with E-state index < -0.39 is 11.8 Å². The Bertz CT molecular complexity index is 1870. The first-order chi connectivity index (χ1) is 24.2. The Morgan fingerprint density at radius 3 is 2.50 bits per heavy atom. The number of nitrogens with zero attached hydrogens (tertiary/aromatic N) is 2. The SMILES string of the molecule is COc1cc(-c2nccc(-c3cccc(Nc4nccc(CNC5CCC(C(=O)O)CC5)c4F)c3Cl)c2Cl)ccc1CNCC1CCC(=O)N1. The second kappa shape index (κ2) is 16.2. The van der Waals surface area contributed by atoms with E-state index in [9.17, 15) is 14.7 Å². The molecule has 0 spiro atoms. The monoisotopic (exact) mass is 720 g/mol. The Kier molecular flexibility index (Phi) is 11.5. The molecule has 1 amide bonds. The zero-order valence-corrected chi connectivity index (χ0v) is 29.1. The second-order valence-corrected chi connectivity index (χ2v) is 13.4. The van der Waals surface area contributed by atoms with E-state index in [4.69, 9.17) is 27.9 Å². The van der Waals surface area contributed by atoms with Gasteiger partial charge in [-0.25, -0.2) is 9.37 Å². The average molecular weight is 722 g/mol. The Hall–Kier alpha value is -4.29. The van der Waals surface area contributed by atoms with E-state index in [1.807, 2.05) is 24.3 Å². The number of anilines is 2. The molecule has 13 heteroatoms. The van der Waals surface area contributed by atoms with Crippen LogP contribution in [0.15, 0.2) is 60.9 Å². The van der Waals surface area contributed by atoms with Gasteiger partial charge in [-0.05, 0) is 56.4 Å². The molecular weight excluding hydrogens is 682 g/mol. The highest BCUT2D eigenvalue weighted by Gasteiger charge is 2.26. The van der Waals surface area contributed by atoms with Gasteiger partial charge >= 0.3 is 5.97 Å². The van der Waals surface area contributed by atoms with Crippen LogP contribution in [0.4, 0.5) is 15.9 Å². The highest BCUT2D eigenvalue weighted by molar-refractivity contribution is 6.39. The van der Waals surface area contributed by atoms with Crippen molar-refractivity contribution in [2.24, 2.45) is 5.92 Å². The number of pyridine rings is 2.